The van der Waals surface area contributed by atoms with Crippen LogP contribution in [-0.4, -0.2) is 18.1 Å². The highest BCUT2D eigenvalue weighted by Crippen LogP contribution is 2.65. The van der Waals surface area contributed by atoms with Gasteiger partial charge in [-0.15, -0.1) is 0 Å². The molecule has 0 spiro atoms. The van der Waals surface area contributed by atoms with Crippen molar-refractivity contribution in [3.63, 3.8) is 0 Å². The molecule has 1 unspecified atom stereocenters. The first kappa shape index (κ1) is 19.6. The summed E-state index contributed by atoms with van der Waals surface area (Å²) in [5, 5.41) is 11.5. The Hall–Kier alpha value is -1.72. The Morgan fingerprint density at radius 3 is 2.20 bits per heavy atom. The van der Waals surface area contributed by atoms with Crippen molar-refractivity contribution in [2.45, 2.75) is 19.5 Å². The third-order valence-electron chi connectivity index (χ3n) is 3.54. The van der Waals surface area contributed by atoms with Crippen LogP contribution in [0.2, 0.25) is 5.02 Å². The van der Waals surface area contributed by atoms with Crippen LogP contribution in [0, 0.1) is 10.1 Å². The van der Waals surface area contributed by atoms with Crippen LogP contribution in [0.15, 0.2) is 48.5 Å². The normalized spacial score (nSPS) is 12.8. The van der Waals surface area contributed by atoms with Crippen LogP contribution in [0.4, 0.5) is 5.69 Å². The molecule has 0 saturated heterocycles. The highest BCUT2D eigenvalue weighted by Gasteiger charge is 2.42. The molecule has 0 aliphatic heterocycles. The van der Waals surface area contributed by atoms with Crippen LogP contribution < -0.4 is 0 Å². The molecule has 2 aromatic carbocycles. The largest absolute Gasteiger partial charge is 0.342 e. The van der Waals surface area contributed by atoms with E-state index in [2.05, 4.69) is 0 Å². The lowest BCUT2D eigenvalue weighted by Gasteiger charge is -2.27. The van der Waals surface area contributed by atoms with Gasteiger partial charge >= 0.3 is 7.60 Å². The molecule has 8 heteroatoms. The molecule has 0 bridgehead atoms. The molecule has 0 aromatic heterocycles. The topological polar surface area (TPSA) is 78.7 Å². The number of rotatable bonds is 8. The Morgan fingerprint density at radius 1 is 1.08 bits per heavy atom. The van der Waals surface area contributed by atoms with Crippen molar-refractivity contribution in [3.8, 4) is 0 Å². The van der Waals surface area contributed by atoms with Crippen LogP contribution in [0.3, 0.4) is 0 Å². The lowest BCUT2D eigenvalue weighted by Crippen LogP contribution is -2.10. The molecule has 134 valence electrons. The minimum Gasteiger partial charge on any atom is -0.308 e. The van der Waals surface area contributed by atoms with Gasteiger partial charge in [-0.25, -0.2) is 0 Å². The van der Waals surface area contributed by atoms with Crippen LogP contribution in [0.5, 0.6) is 0 Å². The van der Waals surface area contributed by atoms with E-state index in [-0.39, 0.29) is 29.5 Å². The van der Waals surface area contributed by atoms with Crippen molar-refractivity contribution in [1.82, 2.24) is 0 Å². The number of nitro groups is 1. The third-order valence-corrected chi connectivity index (χ3v) is 6.29. The summed E-state index contributed by atoms with van der Waals surface area (Å²) in [6.07, 6.45) is 0. The summed E-state index contributed by atoms with van der Waals surface area (Å²) in [6.45, 7) is 3.68. The van der Waals surface area contributed by atoms with Gasteiger partial charge in [0.05, 0.1) is 23.7 Å². The summed E-state index contributed by atoms with van der Waals surface area (Å²) in [5.41, 5.74) is -0.447. The summed E-state index contributed by atoms with van der Waals surface area (Å²) in [5.74, 6) is 0. The fourth-order valence-corrected chi connectivity index (χ4v) is 5.09. The number of hydrogen-bond acceptors (Lipinski definition) is 5. The molecule has 0 saturated carbocycles. The highest BCUT2D eigenvalue weighted by molar-refractivity contribution is 7.54. The maximum Gasteiger partial charge on any atom is 0.342 e. The fraction of sp³-hybridized carbons (Fsp3) is 0.294. The second-order valence-corrected chi connectivity index (χ2v) is 7.64. The Labute approximate surface area is 151 Å². The van der Waals surface area contributed by atoms with E-state index in [1.165, 1.54) is 12.1 Å². The molecule has 2 rings (SSSR count). The molecule has 0 heterocycles. The average Bonchev–Trinajstić information content (AvgIpc) is 2.56. The molecular weight excluding hydrogens is 365 g/mol. The fourth-order valence-electron chi connectivity index (χ4n) is 2.66. The van der Waals surface area contributed by atoms with Gasteiger partial charge in [-0.2, -0.15) is 0 Å². The first-order valence-corrected chi connectivity index (χ1v) is 9.80. The van der Waals surface area contributed by atoms with E-state index in [1.807, 2.05) is 0 Å². The van der Waals surface area contributed by atoms with Gasteiger partial charge in [0.1, 0.15) is 10.7 Å². The molecule has 2 aromatic rings. The molecule has 0 amide bonds. The molecule has 1 atom stereocenters. The Morgan fingerprint density at radius 2 is 1.68 bits per heavy atom. The van der Waals surface area contributed by atoms with Gasteiger partial charge < -0.3 is 9.05 Å². The van der Waals surface area contributed by atoms with Crippen molar-refractivity contribution in [2.24, 2.45) is 0 Å². The third kappa shape index (κ3) is 4.28. The lowest BCUT2D eigenvalue weighted by atomic mass is 10.0. The van der Waals surface area contributed by atoms with Gasteiger partial charge in [0, 0.05) is 0 Å². The second kappa shape index (κ2) is 8.59. The summed E-state index contributed by atoms with van der Waals surface area (Å²) in [6, 6.07) is 13.4. The minimum atomic E-state index is -3.72. The van der Waals surface area contributed by atoms with Crippen molar-refractivity contribution in [2.75, 3.05) is 13.2 Å². The number of hydrogen-bond donors (Lipinski definition) is 0. The van der Waals surface area contributed by atoms with Gasteiger partial charge in [0.25, 0.3) is 5.69 Å². The van der Waals surface area contributed by atoms with E-state index >= 15 is 0 Å². The van der Waals surface area contributed by atoms with Crippen molar-refractivity contribution < 1.29 is 18.5 Å². The van der Waals surface area contributed by atoms with E-state index < -0.39 is 18.2 Å². The van der Waals surface area contributed by atoms with Crippen LogP contribution >= 0.6 is 19.2 Å². The smallest absolute Gasteiger partial charge is 0.308 e. The number of nitrogens with zero attached hydrogens (tertiary/aromatic N) is 1. The predicted octanol–water partition coefficient (Wildman–Crippen LogP) is 5.60. The monoisotopic (exact) mass is 383 g/mol. The zero-order chi connectivity index (χ0) is 18.4. The van der Waals surface area contributed by atoms with Crippen LogP contribution in [0.25, 0.3) is 0 Å². The number of halogens is 1. The molecule has 6 nitrogen and oxygen atoms in total. The van der Waals surface area contributed by atoms with Crippen LogP contribution in [0.1, 0.15) is 30.6 Å². The maximum atomic E-state index is 13.5. The van der Waals surface area contributed by atoms with Crippen molar-refractivity contribution in [1.29, 1.82) is 0 Å². The van der Waals surface area contributed by atoms with E-state index in [0.29, 0.717) is 5.56 Å². The first-order valence-electron chi connectivity index (χ1n) is 7.81. The summed E-state index contributed by atoms with van der Waals surface area (Å²) >= 11 is 6.05. The van der Waals surface area contributed by atoms with E-state index in [9.17, 15) is 14.7 Å². The summed E-state index contributed by atoms with van der Waals surface area (Å²) < 4.78 is 24.5. The SMILES string of the molecule is CCOP(=O)(OCC)C(c1ccccc1)c1cccc(Cl)c1[N+](=O)[O-]. The minimum absolute atomic E-state index is 0.0250. The summed E-state index contributed by atoms with van der Waals surface area (Å²) in [7, 11) is -3.72. The summed E-state index contributed by atoms with van der Waals surface area (Å²) in [4.78, 5) is 11.0. The van der Waals surface area contributed by atoms with E-state index in [1.54, 1.807) is 50.2 Å². The predicted molar refractivity (Wildman–Crippen MR) is 97.2 cm³/mol. The Bertz CT molecular complexity index is 774. The number of para-hydroxylation sites is 1. The van der Waals surface area contributed by atoms with Gasteiger partial charge in [0.15, 0.2) is 0 Å². The van der Waals surface area contributed by atoms with Gasteiger partial charge in [0.2, 0.25) is 0 Å². The Kier molecular flexibility index (Phi) is 6.73. The highest BCUT2D eigenvalue weighted by atomic mass is 35.5. The lowest BCUT2D eigenvalue weighted by molar-refractivity contribution is -0.385. The molecule has 0 fully saturated rings. The average molecular weight is 384 g/mol. The number of nitro benzene ring substituents is 1. The molecule has 0 aliphatic rings. The van der Waals surface area contributed by atoms with Crippen molar-refractivity contribution in [3.05, 3.63) is 74.8 Å². The van der Waals surface area contributed by atoms with Gasteiger partial charge in [-0.3, -0.25) is 14.7 Å². The van der Waals surface area contributed by atoms with Crippen LogP contribution in [-0.2, 0) is 13.6 Å². The number of benzene rings is 2. The van der Waals surface area contributed by atoms with Crippen molar-refractivity contribution >= 4 is 24.9 Å². The molecule has 25 heavy (non-hydrogen) atoms. The van der Waals surface area contributed by atoms with Gasteiger partial charge in [-0.1, -0.05) is 54.1 Å². The maximum absolute atomic E-state index is 13.5. The Balaban J connectivity index is 2.76. The standard InChI is InChI=1S/C17H19ClNO5P/c1-3-23-25(22,24-4-2)17(13-9-6-5-7-10-13)14-11-8-12-15(18)16(14)19(20)21/h5-12,17H,3-4H2,1-2H3. The van der Waals surface area contributed by atoms with E-state index in [0.717, 1.165) is 0 Å². The second-order valence-electron chi connectivity index (χ2n) is 5.12. The zero-order valence-electron chi connectivity index (χ0n) is 13.9. The quantitative estimate of drug-likeness (QED) is 0.336. The molecule has 0 radical (unpaired) electrons. The molecule has 0 N–H and O–H groups in total. The molecular formula is C17H19ClNO5P. The van der Waals surface area contributed by atoms with Gasteiger partial charge in [-0.05, 0) is 25.5 Å². The first-order chi connectivity index (χ1) is 11.9. The van der Waals surface area contributed by atoms with E-state index in [4.69, 9.17) is 20.6 Å². The zero-order valence-corrected chi connectivity index (χ0v) is 15.6. The molecule has 0 aliphatic carbocycles.